The third kappa shape index (κ3) is 1.59. The maximum Gasteiger partial charge on any atom is 0.0705 e. The van der Waals surface area contributed by atoms with Crippen molar-refractivity contribution in [2.45, 2.75) is 19.4 Å². The van der Waals surface area contributed by atoms with Crippen molar-refractivity contribution >= 4 is 10.9 Å². The predicted octanol–water partition coefficient (Wildman–Crippen LogP) is 2.91. The highest BCUT2D eigenvalue weighted by atomic mass is 14.9. The molecule has 0 bridgehead atoms. The van der Waals surface area contributed by atoms with Gasteiger partial charge in [0.1, 0.15) is 0 Å². The van der Waals surface area contributed by atoms with E-state index in [1.807, 2.05) is 12.3 Å². The predicted molar refractivity (Wildman–Crippen MR) is 66.3 cm³/mol. The Labute approximate surface area is 95.7 Å². The van der Waals surface area contributed by atoms with E-state index in [1.54, 1.807) is 0 Å². The second-order valence-corrected chi connectivity index (χ2v) is 4.72. The van der Waals surface area contributed by atoms with Gasteiger partial charge in [0.25, 0.3) is 0 Å². The Morgan fingerprint density at radius 2 is 2.12 bits per heavy atom. The highest BCUT2D eigenvalue weighted by Gasteiger charge is 2.23. The van der Waals surface area contributed by atoms with Gasteiger partial charge < -0.3 is 5.32 Å². The zero-order chi connectivity index (χ0) is 11.0. The van der Waals surface area contributed by atoms with E-state index in [2.05, 4.69) is 41.5 Å². The highest BCUT2D eigenvalue weighted by Crippen LogP contribution is 2.30. The Morgan fingerprint density at radius 1 is 1.25 bits per heavy atom. The minimum atomic E-state index is 0.503. The second-order valence-electron chi connectivity index (χ2n) is 4.72. The van der Waals surface area contributed by atoms with Crippen molar-refractivity contribution in [1.29, 1.82) is 0 Å². The summed E-state index contributed by atoms with van der Waals surface area (Å²) in [6.07, 6.45) is 3.15. The number of hydrogen-bond acceptors (Lipinski definition) is 2. The average molecular weight is 212 g/mol. The molecule has 16 heavy (non-hydrogen) atoms. The SMILES string of the molecule is C[C@H]1CN[C@H](c2ccnc3ccccc23)C1. The van der Waals surface area contributed by atoms with Crippen molar-refractivity contribution in [3.63, 3.8) is 0 Å². The fourth-order valence-electron chi connectivity index (χ4n) is 2.57. The molecule has 0 unspecified atom stereocenters. The summed E-state index contributed by atoms with van der Waals surface area (Å²) in [6, 6.07) is 11.0. The van der Waals surface area contributed by atoms with E-state index < -0.39 is 0 Å². The molecule has 1 aliphatic heterocycles. The normalized spacial score (nSPS) is 25.1. The minimum Gasteiger partial charge on any atom is -0.310 e. The lowest BCUT2D eigenvalue weighted by atomic mass is 9.98. The first-order chi connectivity index (χ1) is 7.84. The minimum absolute atomic E-state index is 0.503. The summed E-state index contributed by atoms with van der Waals surface area (Å²) in [6.45, 7) is 3.43. The lowest BCUT2D eigenvalue weighted by molar-refractivity contribution is 0.614. The lowest BCUT2D eigenvalue weighted by Gasteiger charge is -2.13. The van der Waals surface area contributed by atoms with Gasteiger partial charge in [-0.3, -0.25) is 4.98 Å². The maximum absolute atomic E-state index is 4.40. The molecule has 1 aromatic heterocycles. The number of para-hydroxylation sites is 1. The molecule has 82 valence electrons. The van der Waals surface area contributed by atoms with E-state index in [-0.39, 0.29) is 0 Å². The van der Waals surface area contributed by atoms with Gasteiger partial charge >= 0.3 is 0 Å². The number of nitrogens with one attached hydrogen (secondary N) is 1. The molecule has 1 saturated heterocycles. The summed E-state index contributed by atoms with van der Waals surface area (Å²) < 4.78 is 0. The van der Waals surface area contributed by atoms with Crippen LogP contribution in [0.5, 0.6) is 0 Å². The first-order valence-corrected chi connectivity index (χ1v) is 5.91. The molecule has 2 nitrogen and oxygen atoms in total. The van der Waals surface area contributed by atoms with Crippen LogP contribution in [-0.2, 0) is 0 Å². The van der Waals surface area contributed by atoms with Crippen molar-refractivity contribution in [3.05, 3.63) is 42.1 Å². The Hall–Kier alpha value is -1.41. The van der Waals surface area contributed by atoms with Crippen LogP contribution in [0.15, 0.2) is 36.5 Å². The summed E-state index contributed by atoms with van der Waals surface area (Å²) >= 11 is 0. The van der Waals surface area contributed by atoms with Crippen molar-refractivity contribution in [2.75, 3.05) is 6.54 Å². The third-order valence-electron chi connectivity index (χ3n) is 3.41. The Balaban J connectivity index is 2.09. The monoisotopic (exact) mass is 212 g/mol. The summed E-state index contributed by atoms with van der Waals surface area (Å²) in [7, 11) is 0. The molecule has 0 radical (unpaired) electrons. The first-order valence-electron chi connectivity index (χ1n) is 5.91. The first kappa shape index (κ1) is 9.79. The van der Waals surface area contributed by atoms with Gasteiger partial charge in [-0.15, -0.1) is 0 Å². The van der Waals surface area contributed by atoms with Gasteiger partial charge in [-0.05, 0) is 36.6 Å². The fraction of sp³-hybridized carbons (Fsp3) is 0.357. The molecule has 0 spiro atoms. The van der Waals surface area contributed by atoms with E-state index in [4.69, 9.17) is 0 Å². The van der Waals surface area contributed by atoms with Crippen LogP contribution >= 0.6 is 0 Å². The molecule has 3 rings (SSSR count). The molecule has 1 aliphatic rings. The molecule has 2 atom stereocenters. The van der Waals surface area contributed by atoms with Crippen LogP contribution in [0.3, 0.4) is 0 Å². The quantitative estimate of drug-likeness (QED) is 0.786. The number of rotatable bonds is 1. The molecular weight excluding hydrogens is 196 g/mol. The van der Waals surface area contributed by atoms with Crippen LogP contribution < -0.4 is 5.32 Å². The number of benzene rings is 1. The topological polar surface area (TPSA) is 24.9 Å². The van der Waals surface area contributed by atoms with Gasteiger partial charge in [0.15, 0.2) is 0 Å². The van der Waals surface area contributed by atoms with Crippen LogP contribution in [0.2, 0.25) is 0 Å². The molecule has 0 amide bonds. The van der Waals surface area contributed by atoms with Gasteiger partial charge in [-0.25, -0.2) is 0 Å². The summed E-state index contributed by atoms with van der Waals surface area (Å²) in [4.78, 5) is 4.40. The van der Waals surface area contributed by atoms with Crippen LogP contribution in [0, 0.1) is 5.92 Å². The van der Waals surface area contributed by atoms with E-state index in [0.717, 1.165) is 18.0 Å². The third-order valence-corrected chi connectivity index (χ3v) is 3.41. The zero-order valence-electron chi connectivity index (χ0n) is 9.48. The van der Waals surface area contributed by atoms with Gasteiger partial charge in [0.2, 0.25) is 0 Å². The molecule has 2 heteroatoms. The maximum atomic E-state index is 4.40. The van der Waals surface area contributed by atoms with E-state index in [1.165, 1.54) is 17.4 Å². The van der Waals surface area contributed by atoms with Crippen LogP contribution in [-0.4, -0.2) is 11.5 Å². The molecule has 1 N–H and O–H groups in total. The molecule has 2 aromatic rings. The van der Waals surface area contributed by atoms with Gasteiger partial charge in [-0.2, -0.15) is 0 Å². The number of hydrogen-bond donors (Lipinski definition) is 1. The number of nitrogens with zero attached hydrogens (tertiary/aromatic N) is 1. The second kappa shape index (κ2) is 3.87. The number of fused-ring (bicyclic) bond motifs is 1. The number of pyridine rings is 1. The molecule has 1 aromatic carbocycles. The highest BCUT2D eigenvalue weighted by molar-refractivity contribution is 5.82. The zero-order valence-corrected chi connectivity index (χ0v) is 9.48. The summed E-state index contributed by atoms with van der Waals surface area (Å²) in [5.74, 6) is 0.775. The van der Waals surface area contributed by atoms with Crippen molar-refractivity contribution in [2.24, 2.45) is 5.92 Å². The van der Waals surface area contributed by atoms with Crippen LogP contribution in [0.25, 0.3) is 10.9 Å². The number of aromatic nitrogens is 1. The lowest BCUT2D eigenvalue weighted by Crippen LogP contribution is -2.13. The summed E-state index contributed by atoms with van der Waals surface area (Å²) in [5.41, 5.74) is 2.50. The Kier molecular flexibility index (Phi) is 2.37. The fourth-order valence-corrected chi connectivity index (χ4v) is 2.57. The average Bonchev–Trinajstić information content (AvgIpc) is 2.75. The molecule has 2 heterocycles. The van der Waals surface area contributed by atoms with Crippen molar-refractivity contribution in [1.82, 2.24) is 10.3 Å². The molecule has 0 aliphatic carbocycles. The van der Waals surface area contributed by atoms with Crippen LogP contribution in [0.1, 0.15) is 24.9 Å². The molecule has 1 fully saturated rings. The van der Waals surface area contributed by atoms with E-state index in [9.17, 15) is 0 Å². The largest absolute Gasteiger partial charge is 0.310 e. The Morgan fingerprint density at radius 3 is 2.94 bits per heavy atom. The van der Waals surface area contributed by atoms with E-state index >= 15 is 0 Å². The van der Waals surface area contributed by atoms with Crippen molar-refractivity contribution in [3.8, 4) is 0 Å². The van der Waals surface area contributed by atoms with Gasteiger partial charge in [-0.1, -0.05) is 25.1 Å². The van der Waals surface area contributed by atoms with Gasteiger partial charge in [0, 0.05) is 17.6 Å². The Bertz CT molecular complexity index is 502. The standard InChI is InChI=1S/C14H16N2/c1-10-8-14(16-9-10)12-6-7-15-13-5-3-2-4-11(12)13/h2-7,10,14,16H,8-9H2,1H3/t10-,14+/m1/s1. The summed E-state index contributed by atoms with van der Waals surface area (Å²) in [5, 5.41) is 4.88. The smallest absolute Gasteiger partial charge is 0.0705 e. The molecule has 0 saturated carbocycles. The van der Waals surface area contributed by atoms with Crippen molar-refractivity contribution < 1.29 is 0 Å². The van der Waals surface area contributed by atoms with E-state index in [0.29, 0.717) is 6.04 Å². The molecular formula is C14H16N2. The van der Waals surface area contributed by atoms with Crippen LogP contribution in [0.4, 0.5) is 0 Å². The van der Waals surface area contributed by atoms with Gasteiger partial charge in [0.05, 0.1) is 5.52 Å².